The van der Waals surface area contributed by atoms with Crippen LogP contribution in [0.4, 0.5) is 5.69 Å². The number of oxime groups is 1. The molecule has 0 aromatic carbocycles. The fourth-order valence-corrected chi connectivity index (χ4v) is 2.81. The van der Waals surface area contributed by atoms with Crippen LogP contribution in [0.25, 0.3) is 0 Å². The summed E-state index contributed by atoms with van der Waals surface area (Å²) in [5.41, 5.74) is 8.13. The van der Waals surface area contributed by atoms with E-state index in [9.17, 15) is 0 Å². The van der Waals surface area contributed by atoms with Crippen molar-refractivity contribution in [2.24, 2.45) is 10.9 Å². The van der Waals surface area contributed by atoms with E-state index in [2.05, 4.69) is 42.4 Å². The van der Waals surface area contributed by atoms with E-state index in [1.54, 1.807) is 23.6 Å². The SMILES string of the molecule is CN(Cc1csc(Br)c1)c1ccc(/C(N)=N/O)nc1. The average Bonchev–Trinajstić information content (AvgIpc) is 2.83. The summed E-state index contributed by atoms with van der Waals surface area (Å²) in [6, 6.07) is 5.71. The summed E-state index contributed by atoms with van der Waals surface area (Å²) in [6.07, 6.45) is 1.70. The molecule has 100 valence electrons. The normalized spacial score (nSPS) is 11.6. The van der Waals surface area contributed by atoms with Crippen LogP contribution in [0.3, 0.4) is 0 Å². The monoisotopic (exact) mass is 340 g/mol. The number of aromatic nitrogens is 1. The molecule has 0 fully saturated rings. The fourth-order valence-electron chi connectivity index (χ4n) is 1.61. The molecule has 0 spiro atoms. The van der Waals surface area contributed by atoms with Crippen molar-refractivity contribution in [3.05, 3.63) is 44.8 Å². The number of pyridine rings is 1. The second kappa shape index (κ2) is 6.03. The first-order chi connectivity index (χ1) is 9.10. The van der Waals surface area contributed by atoms with E-state index in [4.69, 9.17) is 10.9 Å². The highest BCUT2D eigenvalue weighted by molar-refractivity contribution is 9.11. The minimum absolute atomic E-state index is 0.0102. The number of nitrogens with zero attached hydrogens (tertiary/aromatic N) is 3. The molecule has 0 amide bonds. The van der Waals surface area contributed by atoms with Crippen LogP contribution in [0.5, 0.6) is 0 Å². The maximum atomic E-state index is 8.57. The zero-order valence-electron chi connectivity index (χ0n) is 10.2. The van der Waals surface area contributed by atoms with Crippen molar-refractivity contribution in [3.8, 4) is 0 Å². The van der Waals surface area contributed by atoms with Crippen molar-refractivity contribution in [2.75, 3.05) is 11.9 Å². The third-order valence-electron chi connectivity index (χ3n) is 2.60. The van der Waals surface area contributed by atoms with Gasteiger partial charge in [0, 0.05) is 13.6 Å². The highest BCUT2D eigenvalue weighted by Gasteiger charge is 2.06. The van der Waals surface area contributed by atoms with Crippen LogP contribution in [0.1, 0.15) is 11.3 Å². The molecule has 19 heavy (non-hydrogen) atoms. The van der Waals surface area contributed by atoms with E-state index >= 15 is 0 Å². The fraction of sp³-hybridized carbons (Fsp3) is 0.167. The van der Waals surface area contributed by atoms with Crippen LogP contribution in [0.2, 0.25) is 0 Å². The molecule has 2 rings (SSSR count). The predicted octanol–water partition coefficient (Wildman–Crippen LogP) is 2.64. The molecule has 2 heterocycles. The molecular weight excluding hydrogens is 328 g/mol. The van der Waals surface area contributed by atoms with Crippen molar-refractivity contribution in [1.29, 1.82) is 0 Å². The molecule has 0 unspecified atom stereocenters. The molecule has 0 aliphatic heterocycles. The highest BCUT2D eigenvalue weighted by atomic mass is 79.9. The molecule has 2 aromatic heterocycles. The van der Waals surface area contributed by atoms with Gasteiger partial charge < -0.3 is 15.8 Å². The second-order valence-corrected chi connectivity index (χ2v) is 6.29. The van der Waals surface area contributed by atoms with Gasteiger partial charge in [0.05, 0.1) is 15.7 Å². The Balaban J connectivity index is 2.09. The molecule has 3 N–H and O–H groups in total. The standard InChI is InChI=1S/C12H13BrN4OS/c1-17(6-8-4-11(13)19-7-8)9-2-3-10(15-5-9)12(14)16-18/h2-5,7,18H,6H2,1H3,(H2,14,16). The zero-order chi connectivity index (χ0) is 13.8. The van der Waals surface area contributed by atoms with Gasteiger partial charge in [-0.05, 0) is 45.1 Å². The van der Waals surface area contributed by atoms with Crippen LogP contribution in [0, 0.1) is 0 Å². The third kappa shape index (κ3) is 3.45. The van der Waals surface area contributed by atoms with Gasteiger partial charge in [0.1, 0.15) is 5.69 Å². The van der Waals surface area contributed by atoms with Gasteiger partial charge in [-0.1, -0.05) is 5.16 Å². The average molecular weight is 341 g/mol. The summed E-state index contributed by atoms with van der Waals surface area (Å²) >= 11 is 5.11. The van der Waals surface area contributed by atoms with Crippen molar-refractivity contribution in [2.45, 2.75) is 6.54 Å². The Bertz CT molecular complexity index is 582. The van der Waals surface area contributed by atoms with Crippen LogP contribution >= 0.6 is 27.3 Å². The Morgan fingerprint density at radius 1 is 1.58 bits per heavy atom. The number of halogens is 1. The number of hydrogen-bond donors (Lipinski definition) is 2. The predicted molar refractivity (Wildman–Crippen MR) is 80.9 cm³/mol. The highest BCUT2D eigenvalue weighted by Crippen LogP contribution is 2.23. The number of amidine groups is 1. The van der Waals surface area contributed by atoms with Crippen molar-refractivity contribution >= 4 is 38.8 Å². The molecule has 0 saturated carbocycles. The minimum Gasteiger partial charge on any atom is -0.409 e. The largest absolute Gasteiger partial charge is 0.409 e. The smallest absolute Gasteiger partial charge is 0.188 e. The first-order valence-corrected chi connectivity index (χ1v) is 7.15. The Hall–Kier alpha value is -1.60. The Kier molecular flexibility index (Phi) is 4.39. The lowest BCUT2D eigenvalue weighted by atomic mass is 10.2. The topological polar surface area (TPSA) is 74.7 Å². The van der Waals surface area contributed by atoms with Crippen LogP contribution in [0.15, 0.2) is 38.7 Å². The summed E-state index contributed by atoms with van der Waals surface area (Å²) < 4.78 is 1.12. The first-order valence-electron chi connectivity index (χ1n) is 5.48. The Morgan fingerprint density at radius 2 is 2.37 bits per heavy atom. The Labute approximate surface area is 123 Å². The second-order valence-electron chi connectivity index (χ2n) is 4.00. The molecule has 0 radical (unpaired) electrons. The quantitative estimate of drug-likeness (QED) is 0.388. The number of nitrogens with two attached hydrogens (primary N) is 1. The molecule has 0 atom stereocenters. The van der Waals surface area contributed by atoms with E-state index in [1.807, 2.05) is 13.1 Å². The molecular formula is C12H13BrN4OS. The van der Waals surface area contributed by atoms with Gasteiger partial charge in [-0.15, -0.1) is 11.3 Å². The molecule has 0 aliphatic carbocycles. The molecule has 5 nitrogen and oxygen atoms in total. The van der Waals surface area contributed by atoms with E-state index in [0.29, 0.717) is 5.69 Å². The van der Waals surface area contributed by atoms with Gasteiger partial charge in [-0.3, -0.25) is 4.98 Å². The van der Waals surface area contributed by atoms with Crippen molar-refractivity contribution < 1.29 is 5.21 Å². The number of rotatable bonds is 4. The van der Waals surface area contributed by atoms with Crippen LogP contribution in [-0.4, -0.2) is 23.1 Å². The summed E-state index contributed by atoms with van der Waals surface area (Å²) in [5, 5.41) is 13.6. The Morgan fingerprint density at radius 3 is 2.89 bits per heavy atom. The number of thiophene rings is 1. The van der Waals surface area contributed by atoms with Crippen molar-refractivity contribution in [1.82, 2.24) is 4.98 Å². The lowest BCUT2D eigenvalue weighted by Gasteiger charge is -2.18. The van der Waals surface area contributed by atoms with Crippen molar-refractivity contribution in [3.63, 3.8) is 0 Å². The lowest BCUT2D eigenvalue weighted by molar-refractivity contribution is 0.318. The summed E-state index contributed by atoms with van der Waals surface area (Å²) in [7, 11) is 1.99. The van der Waals surface area contributed by atoms with Gasteiger partial charge >= 0.3 is 0 Å². The van der Waals surface area contributed by atoms with Crippen LogP contribution in [-0.2, 0) is 6.54 Å². The summed E-state index contributed by atoms with van der Waals surface area (Å²) in [6.45, 7) is 0.798. The van der Waals surface area contributed by atoms with Gasteiger partial charge in [0.2, 0.25) is 0 Å². The maximum absolute atomic E-state index is 8.57. The molecule has 0 bridgehead atoms. The number of anilines is 1. The zero-order valence-corrected chi connectivity index (χ0v) is 12.6. The third-order valence-corrected chi connectivity index (χ3v) is 4.15. The summed E-state index contributed by atoms with van der Waals surface area (Å²) in [5.74, 6) is 0.0102. The van der Waals surface area contributed by atoms with Crippen LogP contribution < -0.4 is 10.6 Å². The van der Waals surface area contributed by atoms with E-state index in [-0.39, 0.29) is 5.84 Å². The van der Waals surface area contributed by atoms with Gasteiger partial charge in [0.15, 0.2) is 5.84 Å². The number of hydrogen-bond acceptors (Lipinski definition) is 5. The van der Waals surface area contributed by atoms with E-state index < -0.39 is 0 Å². The van der Waals surface area contributed by atoms with Gasteiger partial charge in [-0.2, -0.15) is 0 Å². The van der Waals surface area contributed by atoms with Gasteiger partial charge in [-0.25, -0.2) is 0 Å². The first kappa shape index (κ1) is 13.8. The minimum atomic E-state index is 0.0102. The molecule has 7 heteroatoms. The summed E-state index contributed by atoms with van der Waals surface area (Å²) in [4.78, 5) is 6.23. The lowest BCUT2D eigenvalue weighted by Crippen LogP contribution is -2.18. The van der Waals surface area contributed by atoms with E-state index in [1.165, 1.54) is 5.56 Å². The maximum Gasteiger partial charge on any atom is 0.188 e. The molecule has 0 aliphatic rings. The van der Waals surface area contributed by atoms with Gasteiger partial charge in [0.25, 0.3) is 0 Å². The molecule has 2 aromatic rings. The van der Waals surface area contributed by atoms with E-state index in [0.717, 1.165) is 16.0 Å². The molecule has 0 saturated heterocycles.